The van der Waals surface area contributed by atoms with Crippen molar-refractivity contribution in [3.05, 3.63) is 71.8 Å². The predicted molar refractivity (Wildman–Crippen MR) is 221 cm³/mol. The van der Waals surface area contributed by atoms with Crippen molar-refractivity contribution in [3.63, 3.8) is 0 Å². The van der Waals surface area contributed by atoms with E-state index >= 15 is 0 Å². The highest BCUT2D eigenvalue weighted by atomic mass is 32.2. The smallest absolute Gasteiger partial charge is 0.333 e. The number of carbonyl (C=O) groups is 5. The highest BCUT2D eigenvalue weighted by molar-refractivity contribution is 7.98. The van der Waals surface area contributed by atoms with Gasteiger partial charge in [-0.3, -0.25) is 14.4 Å². The van der Waals surface area contributed by atoms with Gasteiger partial charge in [0.05, 0.1) is 13.2 Å². The summed E-state index contributed by atoms with van der Waals surface area (Å²) in [5, 5.41) is 8.12. The summed E-state index contributed by atoms with van der Waals surface area (Å²) in [5.74, 6) is -1.30. The second-order valence-electron chi connectivity index (χ2n) is 14.1. The molecule has 55 heavy (non-hydrogen) atoms. The summed E-state index contributed by atoms with van der Waals surface area (Å²) in [6, 6.07) is 15.7. The molecular weight excluding hydrogens is 715 g/mol. The van der Waals surface area contributed by atoms with Crippen LogP contribution in [0.2, 0.25) is 0 Å². The number of unbranched alkanes of at least 4 members (excludes halogenated alkanes) is 14. The van der Waals surface area contributed by atoms with Crippen LogP contribution in [0.3, 0.4) is 0 Å². The van der Waals surface area contributed by atoms with Crippen molar-refractivity contribution in [3.8, 4) is 0 Å². The zero-order valence-corrected chi connectivity index (χ0v) is 34.2. The van der Waals surface area contributed by atoms with Crippen LogP contribution >= 0.6 is 11.8 Å². The molecule has 0 spiro atoms. The summed E-state index contributed by atoms with van der Waals surface area (Å²) in [4.78, 5) is 64.6. The molecule has 2 aromatic rings. The SMILES string of the molecule is CCCCCCCCCCCCOC(=O)C(NC(=O)C(CSCc1ccccc1)NC(=O)CCC(NC=O)C(=O)OCCCCCCCC)c1ccccc1. The van der Waals surface area contributed by atoms with Gasteiger partial charge in [0.1, 0.15) is 12.1 Å². The van der Waals surface area contributed by atoms with Gasteiger partial charge in [-0.05, 0) is 30.4 Å². The maximum absolute atomic E-state index is 13.9. The first-order valence-corrected chi connectivity index (χ1v) is 21.8. The molecule has 3 amide bonds. The van der Waals surface area contributed by atoms with Gasteiger partial charge in [-0.25, -0.2) is 9.59 Å². The molecule has 0 saturated carbocycles. The summed E-state index contributed by atoms with van der Waals surface area (Å²) in [6.07, 6.45) is 18.2. The minimum Gasteiger partial charge on any atom is -0.464 e. The summed E-state index contributed by atoms with van der Waals surface area (Å²) in [5.41, 5.74) is 1.64. The van der Waals surface area contributed by atoms with E-state index in [1.165, 1.54) is 63.1 Å². The number of ether oxygens (including phenoxy) is 2. The van der Waals surface area contributed by atoms with Crippen LogP contribution < -0.4 is 16.0 Å². The molecule has 0 bridgehead atoms. The molecule has 3 N–H and O–H groups in total. The third-order valence-corrected chi connectivity index (χ3v) is 10.5. The molecule has 3 unspecified atom stereocenters. The minimum atomic E-state index is -1.06. The maximum Gasteiger partial charge on any atom is 0.333 e. The standard InChI is InChI=1S/C44H67N3O7S/c1-3-5-7-9-11-12-13-14-16-24-32-54-44(52)41(37-27-21-18-22-28-37)47-42(50)39(34-55-33-36-25-19-17-20-26-36)46-40(49)30-29-38(45-35-48)43(51)53-31-23-15-10-8-6-4-2/h17-22,25-28,35,38-39,41H,3-16,23-24,29-34H2,1-2H3,(H,45,48)(H,46,49)(H,47,50). The number of hydrogen-bond acceptors (Lipinski definition) is 8. The van der Waals surface area contributed by atoms with Crippen LogP contribution in [0.25, 0.3) is 0 Å². The van der Waals surface area contributed by atoms with Crippen LogP contribution in [0, 0.1) is 0 Å². The quantitative estimate of drug-likeness (QED) is 0.0372. The molecule has 0 heterocycles. The number of amides is 3. The topological polar surface area (TPSA) is 140 Å². The lowest BCUT2D eigenvalue weighted by Crippen LogP contribution is -2.50. The van der Waals surface area contributed by atoms with Gasteiger partial charge in [0, 0.05) is 17.9 Å². The van der Waals surface area contributed by atoms with Crippen molar-refractivity contribution in [2.75, 3.05) is 19.0 Å². The van der Waals surface area contributed by atoms with E-state index in [2.05, 4.69) is 29.8 Å². The fourth-order valence-electron chi connectivity index (χ4n) is 6.11. The first-order chi connectivity index (χ1) is 26.9. The molecule has 2 rings (SSSR count). The Labute approximate surface area is 334 Å². The van der Waals surface area contributed by atoms with Crippen molar-refractivity contribution in [1.29, 1.82) is 0 Å². The Morgan fingerprint density at radius 2 is 1.15 bits per heavy atom. The van der Waals surface area contributed by atoms with Gasteiger partial charge in [-0.2, -0.15) is 11.8 Å². The van der Waals surface area contributed by atoms with Crippen molar-refractivity contribution in [1.82, 2.24) is 16.0 Å². The second kappa shape index (κ2) is 31.4. The fraction of sp³-hybridized carbons (Fsp3) is 0.614. The normalized spacial score (nSPS) is 12.5. The zero-order valence-electron chi connectivity index (χ0n) is 33.4. The summed E-state index contributed by atoms with van der Waals surface area (Å²) in [6.45, 7) is 4.89. The molecule has 3 atom stereocenters. The number of thioether (sulfide) groups is 1. The summed E-state index contributed by atoms with van der Waals surface area (Å²) < 4.78 is 11.1. The van der Waals surface area contributed by atoms with E-state index < -0.39 is 41.9 Å². The molecule has 2 aromatic carbocycles. The number of carbonyl (C=O) groups excluding carboxylic acids is 5. The Kier molecular flexibility index (Phi) is 27.0. The molecule has 0 aliphatic carbocycles. The van der Waals surface area contributed by atoms with Gasteiger partial charge < -0.3 is 25.4 Å². The Hall–Kier alpha value is -3.86. The molecule has 306 valence electrons. The number of rotatable bonds is 33. The number of benzene rings is 2. The van der Waals surface area contributed by atoms with E-state index in [0.717, 1.165) is 56.9 Å². The van der Waals surface area contributed by atoms with Gasteiger partial charge in [0.15, 0.2) is 6.04 Å². The molecule has 0 radical (unpaired) electrons. The lowest BCUT2D eigenvalue weighted by atomic mass is 10.1. The average molecular weight is 782 g/mol. The van der Waals surface area contributed by atoms with E-state index in [4.69, 9.17) is 9.47 Å². The fourth-order valence-corrected chi connectivity index (χ4v) is 7.13. The molecule has 0 aromatic heterocycles. The summed E-state index contributed by atoms with van der Waals surface area (Å²) >= 11 is 1.48. The number of esters is 2. The lowest BCUT2D eigenvalue weighted by molar-refractivity contribution is -0.148. The van der Waals surface area contributed by atoms with E-state index in [-0.39, 0.29) is 31.8 Å². The number of hydrogen-bond donors (Lipinski definition) is 3. The van der Waals surface area contributed by atoms with Crippen LogP contribution in [0.1, 0.15) is 147 Å². The predicted octanol–water partition coefficient (Wildman–Crippen LogP) is 8.52. The Bertz CT molecular complexity index is 1330. The summed E-state index contributed by atoms with van der Waals surface area (Å²) in [7, 11) is 0. The minimum absolute atomic E-state index is 0.00330. The first kappa shape index (κ1) is 47.3. The Balaban J connectivity index is 1.99. The van der Waals surface area contributed by atoms with Crippen molar-refractivity contribution >= 4 is 41.9 Å². The van der Waals surface area contributed by atoms with Gasteiger partial charge in [0.2, 0.25) is 18.2 Å². The van der Waals surface area contributed by atoms with Crippen LogP contribution in [-0.4, -0.2) is 61.2 Å². The van der Waals surface area contributed by atoms with Crippen molar-refractivity contribution in [2.24, 2.45) is 0 Å². The monoisotopic (exact) mass is 781 g/mol. The molecule has 0 saturated heterocycles. The lowest BCUT2D eigenvalue weighted by Gasteiger charge is -2.23. The molecule has 0 aliphatic heterocycles. The van der Waals surface area contributed by atoms with Crippen LogP contribution in [0.4, 0.5) is 0 Å². The van der Waals surface area contributed by atoms with Gasteiger partial charge in [-0.1, -0.05) is 164 Å². The van der Waals surface area contributed by atoms with Crippen molar-refractivity contribution in [2.45, 2.75) is 153 Å². The molecular formula is C44H67N3O7S. The van der Waals surface area contributed by atoms with Crippen LogP contribution in [0.5, 0.6) is 0 Å². The van der Waals surface area contributed by atoms with Crippen LogP contribution in [-0.2, 0) is 39.2 Å². The molecule has 10 nitrogen and oxygen atoms in total. The highest BCUT2D eigenvalue weighted by Gasteiger charge is 2.29. The van der Waals surface area contributed by atoms with Gasteiger partial charge in [0.25, 0.3) is 0 Å². The van der Waals surface area contributed by atoms with Crippen molar-refractivity contribution < 1.29 is 33.4 Å². The second-order valence-corrected chi connectivity index (χ2v) is 15.2. The van der Waals surface area contributed by atoms with Gasteiger partial charge in [-0.15, -0.1) is 0 Å². The molecule has 11 heteroatoms. The third kappa shape index (κ3) is 22.3. The largest absolute Gasteiger partial charge is 0.464 e. The third-order valence-electron chi connectivity index (χ3n) is 9.40. The zero-order chi connectivity index (χ0) is 39.8. The van der Waals surface area contributed by atoms with E-state index in [1.54, 1.807) is 24.3 Å². The molecule has 0 fully saturated rings. The Morgan fingerprint density at radius 3 is 1.69 bits per heavy atom. The highest BCUT2D eigenvalue weighted by Crippen LogP contribution is 2.18. The first-order valence-electron chi connectivity index (χ1n) is 20.7. The van der Waals surface area contributed by atoms with E-state index in [0.29, 0.717) is 17.7 Å². The average Bonchev–Trinajstić information content (AvgIpc) is 3.20. The number of nitrogens with one attached hydrogen (secondary N) is 3. The van der Waals surface area contributed by atoms with Crippen LogP contribution in [0.15, 0.2) is 60.7 Å². The maximum atomic E-state index is 13.9. The van der Waals surface area contributed by atoms with E-state index in [1.807, 2.05) is 36.4 Å². The van der Waals surface area contributed by atoms with E-state index in [9.17, 15) is 24.0 Å². The molecule has 0 aliphatic rings. The Morgan fingerprint density at radius 1 is 0.636 bits per heavy atom. The van der Waals surface area contributed by atoms with Gasteiger partial charge >= 0.3 is 11.9 Å².